The molecule has 0 saturated heterocycles. The van der Waals surface area contributed by atoms with Crippen molar-refractivity contribution in [1.29, 1.82) is 0 Å². The number of anilines is 1. The number of benzene rings is 1. The fraction of sp³-hybridized carbons (Fsp3) is 0.368. The van der Waals surface area contributed by atoms with Gasteiger partial charge in [0.25, 0.3) is 0 Å². The third-order valence-electron chi connectivity index (χ3n) is 4.33. The van der Waals surface area contributed by atoms with Gasteiger partial charge in [0, 0.05) is 29.5 Å². The zero-order valence-electron chi connectivity index (χ0n) is 15.3. The standard InChI is InChI=1S/C19H23N3O2S/c1-6-16-21-18(17-11(2)12(3)25-19(17)22-16)20-10-13-7-8-14(23-4)9-15(13)24-5/h7-9H,6,10H2,1-5H3,(H,20,21,22). The minimum absolute atomic E-state index is 0.622. The first-order valence-corrected chi connectivity index (χ1v) is 9.10. The molecular formula is C19H23N3O2S. The summed E-state index contributed by atoms with van der Waals surface area (Å²) in [5.41, 5.74) is 2.30. The van der Waals surface area contributed by atoms with Crippen molar-refractivity contribution < 1.29 is 9.47 Å². The van der Waals surface area contributed by atoms with E-state index in [-0.39, 0.29) is 0 Å². The van der Waals surface area contributed by atoms with Crippen molar-refractivity contribution >= 4 is 27.4 Å². The summed E-state index contributed by atoms with van der Waals surface area (Å²) in [6, 6.07) is 5.84. The Hall–Kier alpha value is -2.34. The number of nitrogens with one attached hydrogen (secondary N) is 1. The molecule has 0 fully saturated rings. The number of fused-ring (bicyclic) bond motifs is 1. The van der Waals surface area contributed by atoms with E-state index in [1.807, 2.05) is 18.2 Å². The summed E-state index contributed by atoms with van der Waals surface area (Å²) >= 11 is 1.72. The minimum Gasteiger partial charge on any atom is -0.497 e. The summed E-state index contributed by atoms with van der Waals surface area (Å²) in [5, 5.41) is 4.60. The molecule has 0 aliphatic carbocycles. The zero-order chi connectivity index (χ0) is 18.0. The fourth-order valence-electron chi connectivity index (χ4n) is 2.76. The van der Waals surface area contributed by atoms with Gasteiger partial charge in [-0.3, -0.25) is 0 Å². The zero-order valence-corrected chi connectivity index (χ0v) is 16.1. The second kappa shape index (κ2) is 7.27. The molecule has 0 aliphatic rings. The Bertz CT molecular complexity index is 905. The molecule has 3 aromatic rings. The molecule has 0 amide bonds. The predicted molar refractivity (Wildman–Crippen MR) is 103 cm³/mol. The van der Waals surface area contributed by atoms with Crippen LogP contribution in [0, 0.1) is 13.8 Å². The first-order valence-electron chi connectivity index (χ1n) is 8.28. The van der Waals surface area contributed by atoms with E-state index in [1.165, 1.54) is 10.4 Å². The highest BCUT2D eigenvalue weighted by molar-refractivity contribution is 7.18. The van der Waals surface area contributed by atoms with Gasteiger partial charge < -0.3 is 14.8 Å². The molecule has 2 aromatic heterocycles. The Morgan fingerprint density at radius 2 is 1.92 bits per heavy atom. The second-order valence-electron chi connectivity index (χ2n) is 5.84. The minimum atomic E-state index is 0.622. The third-order valence-corrected chi connectivity index (χ3v) is 5.43. The van der Waals surface area contributed by atoms with Crippen molar-refractivity contribution in [3.8, 4) is 11.5 Å². The molecule has 1 N–H and O–H groups in total. The van der Waals surface area contributed by atoms with Crippen molar-refractivity contribution in [2.24, 2.45) is 0 Å². The molecule has 0 radical (unpaired) electrons. The van der Waals surface area contributed by atoms with Gasteiger partial charge in [-0.1, -0.05) is 6.92 Å². The number of nitrogens with zero attached hydrogens (tertiary/aromatic N) is 2. The van der Waals surface area contributed by atoms with E-state index in [1.54, 1.807) is 25.6 Å². The number of aromatic nitrogens is 2. The van der Waals surface area contributed by atoms with Gasteiger partial charge in [0.15, 0.2) is 0 Å². The van der Waals surface area contributed by atoms with Crippen LogP contribution in [0.4, 0.5) is 5.82 Å². The Morgan fingerprint density at radius 3 is 2.60 bits per heavy atom. The number of ether oxygens (including phenoxy) is 2. The molecule has 0 spiro atoms. The SMILES string of the molecule is CCc1nc(NCc2ccc(OC)cc2OC)c2c(C)c(C)sc2n1. The largest absolute Gasteiger partial charge is 0.497 e. The van der Waals surface area contributed by atoms with Crippen LogP contribution in [0.5, 0.6) is 11.5 Å². The average Bonchev–Trinajstić information content (AvgIpc) is 2.93. The topological polar surface area (TPSA) is 56.3 Å². The van der Waals surface area contributed by atoms with Crippen LogP contribution < -0.4 is 14.8 Å². The van der Waals surface area contributed by atoms with Gasteiger partial charge in [0.1, 0.15) is 28.0 Å². The van der Waals surface area contributed by atoms with E-state index in [9.17, 15) is 0 Å². The van der Waals surface area contributed by atoms with Gasteiger partial charge in [0.2, 0.25) is 0 Å². The number of hydrogen-bond donors (Lipinski definition) is 1. The van der Waals surface area contributed by atoms with Gasteiger partial charge in [0.05, 0.1) is 19.6 Å². The number of aryl methyl sites for hydroxylation is 3. The normalized spacial score (nSPS) is 10.9. The summed E-state index contributed by atoms with van der Waals surface area (Å²) in [6.07, 6.45) is 0.812. The highest BCUT2D eigenvalue weighted by Crippen LogP contribution is 2.34. The van der Waals surface area contributed by atoms with Crippen LogP contribution in [-0.2, 0) is 13.0 Å². The first kappa shape index (κ1) is 17.5. The van der Waals surface area contributed by atoms with Gasteiger partial charge >= 0.3 is 0 Å². The van der Waals surface area contributed by atoms with Crippen molar-refractivity contribution in [3.05, 3.63) is 40.0 Å². The van der Waals surface area contributed by atoms with E-state index in [4.69, 9.17) is 14.5 Å². The summed E-state index contributed by atoms with van der Waals surface area (Å²) in [5.74, 6) is 3.33. The maximum atomic E-state index is 5.49. The van der Waals surface area contributed by atoms with Crippen molar-refractivity contribution in [3.63, 3.8) is 0 Å². The molecule has 0 saturated carbocycles. The van der Waals surface area contributed by atoms with Crippen LogP contribution in [0.3, 0.4) is 0 Å². The lowest BCUT2D eigenvalue weighted by Gasteiger charge is -2.13. The van der Waals surface area contributed by atoms with Crippen LogP contribution in [0.25, 0.3) is 10.2 Å². The second-order valence-corrected chi connectivity index (χ2v) is 7.04. The molecule has 3 rings (SSSR count). The fourth-order valence-corrected chi connectivity index (χ4v) is 3.80. The lowest BCUT2D eigenvalue weighted by molar-refractivity contribution is 0.391. The quantitative estimate of drug-likeness (QED) is 0.704. The summed E-state index contributed by atoms with van der Waals surface area (Å²) in [6.45, 7) is 6.95. The Labute approximate surface area is 152 Å². The van der Waals surface area contributed by atoms with Crippen LogP contribution >= 0.6 is 11.3 Å². The molecule has 1 aromatic carbocycles. The molecular weight excluding hydrogens is 334 g/mol. The summed E-state index contributed by atoms with van der Waals surface area (Å²) in [4.78, 5) is 11.7. The van der Waals surface area contributed by atoms with Crippen molar-refractivity contribution in [2.45, 2.75) is 33.7 Å². The molecule has 0 aliphatic heterocycles. The molecule has 25 heavy (non-hydrogen) atoms. The predicted octanol–water partition coefficient (Wildman–Crippen LogP) is 4.50. The Balaban J connectivity index is 1.95. The van der Waals surface area contributed by atoms with Crippen LogP contribution in [0.15, 0.2) is 18.2 Å². The van der Waals surface area contributed by atoms with Crippen molar-refractivity contribution in [2.75, 3.05) is 19.5 Å². The first-order chi connectivity index (χ1) is 12.1. The number of hydrogen-bond acceptors (Lipinski definition) is 6. The maximum absolute atomic E-state index is 5.49. The van der Waals surface area contributed by atoms with Crippen LogP contribution in [-0.4, -0.2) is 24.2 Å². The van der Waals surface area contributed by atoms with Crippen LogP contribution in [0.2, 0.25) is 0 Å². The highest BCUT2D eigenvalue weighted by atomic mass is 32.1. The average molecular weight is 357 g/mol. The molecule has 2 heterocycles. The van der Waals surface area contributed by atoms with Gasteiger partial charge in [-0.05, 0) is 31.5 Å². The Morgan fingerprint density at radius 1 is 1.12 bits per heavy atom. The molecule has 5 nitrogen and oxygen atoms in total. The molecule has 0 unspecified atom stereocenters. The van der Waals surface area contributed by atoms with E-state index in [2.05, 4.69) is 31.1 Å². The Kier molecular flexibility index (Phi) is 5.08. The molecule has 0 atom stereocenters. The summed E-state index contributed by atoms with van der Waals surface area (Å²) < 4.78 is 10.7. The van der Waals surface area contributed by atoms with E-state index >= 15 is 0 Å². The maximum Gasteiger partial charge on any atom is 0.139 e. The number of rotatable bonds is 6. The van der Waals surface area contributed by atoms with E-state index in [0.717, 1.165) is 45.3 Å². The molecule has 6 heteroatoms. The monoisotopic (exact) mass is 357 g/mol. The van der Waals surface area contributed by atoms with Crippen LogP contribution in [0.1, 0.15) is 28.8 Å². The van der Waals surface area contributed by atoms with Gasteiger partial charge in [-0.25, -0.2) is 9.97 Å². The molecule has 132 valence electrons. The molecule has 0 bridgehead atoms. The third kappa shape index (κ3) is 3.39. The number of methoxy groups -OCH3 is 2. The lowest BCUT2D eigenvalue weighted by Crippen LogP contribution is -2.06. The lowest BCUT2D eigenvalue weighted by atomic mass is 10.1. The number of thiophene rings is 1. The smallest absolute Gasteiger partial charge is 0.139 e. The highest BCUT2D eigenvalue weighted by Gasteiger charge is 2.14. The van der Waals surface area contributed by atoms with Gasteiger partial charge in [-0.15, -0.1) is 11.3 Å². The van der Waals surface area contributed by atoms with Crippen molar-refractivity contribution in [1.82, 2.24) is 9.97 Å². The van der Waals surface area contributed by atoms with E-state index < -0.39 is 0 Å². The van der Waals surface area contributed by atoms with Gasteiger partial charge in [-0.2, -0.15) is 0 Å². The van der Waals surface area contributed by atoms with E-state index in [0.29, 0.717) is 6.54 Å². The summed E-state index contributed by atoms with van der Waals surface area (Å²) in [7, 11) is 3.32.